The maximum absolute atomic E-state index is 5.91. The molecule has 2 aromatic rings. The average Bonchev–Trinajstić information content (AvgIpc) is 2.88. The Morgan fingerprint density at radius 2 is 2.05 bits per heavy atom. The van der Waals surface area contributed by atoms with Gasteiger partial charge >= 0.3 is 0 Å². The highest BCUT2D eigenvalue weighted by molar-refractivity contribution is 7.13. The summed E-state index contributed by atoms with van der Waals surface area (Å²) in [7, 11) is 1.65. The number of methoxy groups -OCH3 is 1. The van der Waals surface area contributed by atoms with Crippen LogP contribution in [0.3, 0.4) is 0 Å². The third kappa shape index (κ3) is 4.37. The second-order valence-corrected chi connectivity index (χ2v) is 7.31. The fourth-order valence-corrected chi connectivity index (χ4v) is 2.80. The molecule has 4 nitrogen and oxygen atoms in total. The number of nitrogens with two attached hydrogens (primary N) is 1. The van der Waals surface area contributed by atoms with Crippen molar-refractivity contribution in [3.8, 4) is 22.8 Å². The third-order valence-corrected chi connectivity index (χ3v) is 3.98. The number of nitrogen functional groups attached to an aromatic ring is 1. The largest absolute Gasteiger partial charge is 0.492 e. The van der Waals surface area contributed by atoms with Crippen LogP contribution in [0.2, 0.25) is 0 Å². The quantitative estimate of drug-likeness (QED) is 0.790. The normalized spacial score (nSPS) is 11.5. The van der Waals surface area contributed by atoms with Gasteiger partial charge in [-0.05, 0) is 30.4 Å². The van der Waals surface area contributed by atoms with Crippen molar-refractivity contribution in [2.75, 3.05) is 19.5 Å². The molecule has 0 fully saturated rings. The fourth-order valence-electron chi connectivity index (χ4n) is 2.24. The highest BCUT2D eigenvalue weighted by Crippen LogP contribution is 2.38. The summed E-state index contributed by atoms with van der Waals surface area (Å²) in [6.45, 7) is 7.39. The van der Waals surface area contributed by atoms with Gasteiger partial charge in [-0.2, -0.15) is 0 Å². The fraction of sp³-hybridized carbons (Fsp3) is 0.471. The van der Waals surface area contributed by atoms with Gasteiger partial charge in [0.25, 0.3) is 0 Å². The summed E-state index contributed by atoms with van der Waals surface area (Å²) in [6, 6.07) is 5.84. The van der Waals surface area contributed by atoms with E-state index in [0.717, 1.165) is 29.8 Å². The van der Waals surface area contributed by atoms with E-state index in [1.54, 1.807) is 7.11 Å². The van der Waals surface area contributed by atoms with Crippen LogP contribution in [-0.4, -0.2) is 18.7 Å². The number of rotatable bonds is 6. The molecule has 0 atom stereocenters. The minimum Gasteiger partial charge on any atom is -0.492 e. The van der Waals surface area contributed by atoms with Gasteiger partial charge in [-0.25, -0.2) is 4.98 Å². The molecule has 1 heterocycles. The van der Waals surface area contributed by atoms with Crippen LogP contribution < -0.4 is 15.2 Å². The molecule has 0 spiro atoms. The van der Waals surface area contributed by atoms with E-state index >= 15 is 0 Å². The Bertz CT molecular complexity index is 617. The summed E-state index contributed by atoms with van der Waals surface area (Å²) in [4.78, 5) is 4.32. The Balaban J connectivity index is 2.12. The Morgan fingerprint density at radius 3 is 2.64 bits per heavy atom. The first kappa shape index (κ1) is 16.6. The first-order chi connectivity index (χ1) is 10.4. The van der Waals surface area contributed by atoms with Crippen molar-refractivity contribution in [1.82, 2.24) is 4.98 Å². The smallest absolute Gasteiger partial charge is 0.180 e. The SMILES string of the molecule is COc1c(OCCCC(C)(C)C)cccc1-c1csc(N)n1. The molecule has 0 bridgehead atoms. The van der Waals surface area contributed by atoms with E-state index in [2.05, 4.69) is 25.8 Å². The molecule has 2 rings (SSSR count). The van der Waals surface area contributed by atoms with Crippen LogP contribution in [0.25, 0.3) is 11.3 Å². The van der Waals surface area contributed by atoms with Crippen LogP contribution >= 0.6 is 11.3 Å². The van der Waals surface area contributed by atoms with Gasteiger partial charge in [0, 0.05) is 10.9 Å². The minimum absolute atomic E-state index is 0.327. The van der Waals surface area contributed by atoms with E-state index in [4.69, 9.17) is 15.2 Å². The van der Waals surface area contributed by atoms with E-state index in [-0.39, 0.29) is 0 Å². The third-order valence-electron chi connectivity index (χ3n) is 3.31. The van der Waals surface area contributed by atoms with Gasteiger partial charge in [0.05, 0.1) is 19.4 Å². The van der Waals surface area contributed by atoms with Gasteiger partial charge in [0.2, 0.25) is 0 Å². The molecular weight excluding hydrogens is 296 g/mol. The second-order valence-electron chi connectivity index (χ2n) is 6.42. The van der Waals surface area contributed by atoms with Crippen LogP contribution in [0.15, 0.2) is 23.6 Å². The maximum Gasteiger partial charge on any atom is 0.180 e. The molecule has 0 amide bonds. The first-order valence-corrected chi connectivity index (χ1v) is 8.30. The van der Waals surface area contributed by atoms with Gasteiger partial charge in [-0.1, -0.05) is 26.8 Å². The second kappa shape index (κ2) is 7.01. The lowest BCUT2D eigenvalue weighted by Crippen LogP contribution is -2.08. The molecule has 0 aliphatic rings. The zero-order chi connectivity index (χ0) is 16.2. The van der Waals surface area contributed by atoms with E-state index in [1.165, 1.54) is 11.3 Å². The number of thiazole rings is 1. The highest BCUT2D eigenvalue weighted by Gasteiger charge is 2.15. The van der Waals surface area contributed by atoms with E-state index in [9.17, 15) is 0 Å². The molecule has 1 aromatic carbocycles. The van der Waals surface area contributed by atoms with Gasteiger partial charge in [-0.15, -0.1) is 11.3 Å². The topological polar surface area (TPSA) is 57.4 Å². The van der Waals surface area contributed by atoms with Crippen LogP contribution in [0.5, 0.6) is 11.5 Å². The van der Waals surface area contributed by atoms with E-state index in [1.807, 2.05) is 23.6 Å². The van der Waals surface area contributed by atoms with Gasteiger partial charge in [0.1, 0.15) is 0 Å². The van der Waals surface area contributed by atoms with Crippen LogP contribution in [-0.2, 0) is 0 Å². The number of ether oxygens (including phenoxy) is 2. The molecule has 0 saturated carbocycles. The van der Waals surface area contributed by atoms with E-state index in [0.29, 0.717) is 22.9 Å². The molecule has 120 valence electrons. The molecule has 5 heteroatoms. The monoisotopic (exact) mass is 320 g/mol. The standard InChI is InChI=1S/C17H24N2O2S/c1-17(2,3)9-6-10-21-14-8-5-7-12(15(14)20-4)13-11-22-16(18)19-13/h5,7-8,11H,6,9-10H2,1-4H3,(H2,18,19). The maximum atomic E-state index is 5.91. The first-order valence-electron chi connectivity index (χ1n) is 7.42. The Morgan fingerprint density at radius 1 is 1.27 bits per heavy atom. The number of hydrogen-bond donors (Lipinski definition) is 1. The number of nitrogens with zero attached hydrogens (tertiary/aromatic N) is 1. The average molecular weight is 320 g/mol. The van der Waals surface area contributed by atoms with Crippen molar-refractivity contribution in [3.05, 3.63) is 23.6 Å². The number of benzene rings is 1. The molecule has 1 aromatic heterocycles. The van der Waals surface area contributed by atoms with Crippen molar-refractivity contribution in [2.24, 2.45) is 5.41 Å². The summed E-state index contributed by atoms with van der Waals surface area (Å²) in [5, 5.41) is 2.48. The molecule has 0 aliphatic heterocycles. The predicted octanol–water partition coefficient (Wildman–Crippen LogP) is 4.61. The number of hydrogen-bond acceptors (Lipinski definition) is 5. The molecule has 0 unspecified atom stereocenters. The van der Waals surface area contributed by atoms with Crippen LogP contribution in [0.1, 0.15) is 33.6 Å². The summed E-state index contributed by atoms with van der Waals surface area (Å²) in [5.74, 6) is 1.46. The molecule has 0 aliphatic carbocycles. The molecule has 22 heavy (non-hydrogen) atoms. The molecule has 0 saturated heterocycles. The van der Waals surface area contributed by atoms with Crippen molar-refractivity contribution in [2.45, 2.75) is 33.6 Å². The summed E-state index contributed by atoms with van der Waals surface area (Å²) in [5.41, 5.74) is 7.77. The van der Waals surface area contributed by atoms with E-state index < -0.39 is 0 Å². The number of anilines is 1. The van der Waals surface area contributed by atoms with Gasteiger partial charge in [-0.3, -0.25) is 0 Å². The minimum atomic E-state index is 0.327. The van der Waals surface area contributed by atoms with Crippen LogP contribution in [0.4, 0.5) is 5.13 Å². The van der Waals surface area contributed by atoms with Gasteiger partial charge in [0.15, 0.2) is 16.6 Å². The van der Waals surface area contributed by atoms with Crippen molar-refractivity contribution >= 4 is 16.5 Å². The molecule has 0 radical (unpaired) electrons. The summed E-state index contributed by atoms with van der Waals surface area (Å²) < 4.78 is 11.4. The lowest BCUT2D eigenvalue weighted by Gasteiger charge is -2.18. The highest BCUT2D eigenvalue weighted by atomic mass is 32.1. The molecule has 2 N–H and O–H groups in total. The Hall–Kier alpha value is -1.75. The predicted molar refractivity (Wildman–Crippen MR) is 92.7 cm³/mol. The van der Waals surface area contributed by atoms with Crippen molar-refractivity contribution in [3.63, 3.8) is 0 Å². The van der Waals surface area contributed by atoms with Crippen LogP contribution in [0, 0.1) is 5.41 Å². The zero-order valence-electron chi connectivity index (χ0n) is 13.7. The molecular formula is C17H24N2O2S. The van der Waals surface area contributed by atoms with Crippen molar-refractivity contribution in [1.29, 1.82) is 0 Å². The lowest BCUT2D eigenvalue weighted by molar-refractivity contribution is 0.258. The number of aromatic nitrogens is 1. The summed E-state index contributed by atoms with van der Waals surface area (Å²) >= 11 is 1.42. The van der Waals surface area contributed by atoms with Gasteiger partial charge < -0.3 is 15.2 Å². The van der Waals surface area contributed by atoms with Crippen molar-refractivity contribution < 1.29 is 9.47 Å². The lowest BCUT2D eigenvalue weighted by atomic mass is 9.91. The zero-order valence-corrected chi connectivity index (χ0v) is 14.5. The Kier molecular flexibility index (Phi) is 5.29. The number of para-hydroxylation sites is 1. The Labute approximate surface area is 136 Å². The summed E-state index contributed by atoms with van der Waals surface area (Å²) in [6.07, 6.45) is 2.14.